The molecule has 0 bridgehead atoms. The van der Waals surface area contributed by atoms with E-state index in [2.05, 4.69) is 32.2 Å². The highest BCUT2D eigenvalue weighted by atomic mass is 19.1. The molecule has 2 atom stereocenters. The molecule has 0 aromatic heterocycles. The van der Waals surface area contributed by atoms with Gasteiger partial charge in [-0.2, -0.15) is 0 Å². The van der Waals surface area contributed by atoms with E-state index in [9.17, 15) is 14.0 Å². The van der Waals surface area contributed by atoms with Crippen LogP contribution in [0.3, 0.4) is 0 Å². The first-order valence-corrected chi connectivity index (χ1v) is 12.6. The Balaban J connectivity index is 1.69. The minimum absolute atomic E-state index is 0.0443. The average Bonchev–Trinajstić information content (AvgIpc) is 2.83. The van der Waals surface area contributed by atoms with Crippen molar-refractivity contribution < 1.29 is 14.0 Å². The van der Waals surface area contributed by atoms with Crippen LogP contribution in [-0.2, 0) is 10.2 Å². The predicted octanol–water partition coefficient (Wildman–Crippen LogP) is 6.97. The normalized spacial score (nSPS) is 18.1. The summed E-state index contributed by atoms with van der Waals surface area (Å²) < 4.78 is 15.0. The third kappa shape index (κ3) is 5.35. The average molecular weight is 487 g/mol. The summed E-state index contributed by atoms with van der Waals surface area (Å²) >= 11 is 0. The molecule has 1 saturated heterocycles. The summed E-state index contributed by atoms with van der Waals surface area (Å²) in [4.78, 5) is 29.1. The number of halogens is 1. The number of hydrogen-bond donors (Lipinski definition) is 1. The zero-order chi connectivity index (χ0) is 26.0. The first-order valence-electron chi connectivity index (χ1n) is 12.6. The van der Waals surface area contributed by atoms with Crippen molar-refractivity contribution in [1.29, 1.82) is 0 Å². The second-order valence-electron chi connectivity index (χ2n) is 10.9. The van der Waals surface area contributed by atoms with Gasteiger partial charge in [0.05, 0.1) is 17.5 Å². The zero-order valence-electron chi connectivity index (χ0n) is 21.8. The van der Waals surface area contributed by atoms with Crippen LogP contribution < -0.4 is 5.32 Å². The lowest BCUT2D eigenvalue weighted by Crippen LogP contribution is -2.46. The van der Waals surface area contributed by atoms with E-state index in [1.807, 2.05) is 61.5 Å². The molecule has 4 rings (SSSR count). The van der Waals surface area contributed by atoms with Crippen molar-refractivity contribution >= 4 is 17.5 Å². The number of nitrogens with one attached hydrogen (secondary N) is 1. The molecule has 2 amide bonds. The fourth-order valence-electron chi connectivity index (χ4n) is 5.19. The highest BCUT2D eigenvalue weighted by Gasteiger charge is 2.40. The third-order valence-corrected chi connectivity index (χ3v) is 7.01. The number of hydrogen-bond acceptors (Lipinski definition) is 2. The van der Waals surface area contributed by atoms with Gasteiger partial charge in [-0.15, -0.1) is 0 Å². The maximum atomic E-state index is 15.0. The van der Waals surface area contributed by atoms with Gasteiger partial charge in [0.2, 0.25) is 5.91 Å². The molecule has 0 saturated carbocycles. The summed E-state index contributed by atoms with van der Waals surface area (Å²) in [6, 6.07) is 20.2. The summed E-state index contributed by atoms with van der Waals surface area (Å²) in [5, 5.41) is 3.10. The number of piperidine rings is 1. The van der Waals surface area contributed by atoms with Crippen molar-refractivity contribution in [3.05, 3.63) is 100 Å². The maximum absolute atomic E-state index is 15.0. The molecular formula is C31H35FN2O2. The minimum atomic E-state index is -0.519. The second kappa shape index (κ2) is 10.3. The van der Waals surface area contributed by atoms with Gasteiger partial charge in [0.1, 0.15) is 5.82 Å². The Hall–Kier alpha value is -3.47. The first kappa shape index (κ1) is 25.6. The number of amides is 2. The van der Waals surface area contributed by atoms with Crippen LogP contribution in [0.1, 0.15) is 72.3 Å². The number of benzene rings is 3. The second-order valence-corrected chi connectivity index (χ2v) is 10.9. The number of nitrogens with zero attached hydrogens (tertiary/aromatic N) is 1. The van der Waals surface area contributed by atoms with Crippen LogP contribution in [0.25, 0.3) is 0 Å². The predicted molar refractivity (Wildman–Crippen MR) is 143 cm³/mol. The van der Waals surface area contributed by atoms with E-state index < -0.39 is 17.8 Å². The maximum Gasteiger partial charge on any atom is 0.257 e. The number of rotatable bonds is 4. The molecule has 3 aromatic rings. The Morgan fingerprint density at radius 1 is 0.972 bits per heavy atom. The molecule has 0 spiro atoms. The van der Waals surface area contributed by atoms with Crippen LogP contribution in [0.5, 0.6) is 0 Å². The Bertz CT molecular complexity index is 1240. The summed E-state index contributed by atoms with van der Waals surface area (Å²) in [7, 11) is 0. The van der Waals surface area contributed by atoms with Crippen molar-refractivity contribution in [3.8, 4) is 0 Å². The van der Waals surface area contributed by atoms with E-state index in [1.54, 1.807) is 11.8 Å². The molecule has 1 aliphatic rings. The Labute approximate surface area is 213 Å². The summed E-state index contributed by atoms with van der Waals surface area (Å²) in [6.45, 7) is 10.4. The van der Waals surface area contributed by atoms with Crippen LogP contribution in [0, 0.1) is 25.6 Å². The first-order chi connectivity index (χ1) is 17.1. The molecule has 0 aliphatic carbocycles. The quantitative estimate of drug-likeness (QED) is 0.433. The SMILES string of the molecule is Cc1cc(C)c(C(=O)N2CCCC(C(=O)Nc3cccc(C(C)(C)C)c3)C2c2ccccc2)c(F)c1. The van der Waals surface area contributed by atoms with E-state index in [0.29, 0.717) is 24.9 Å². The number of carbonyl (C=O) groups excluding carboxylic acids is 2. The Kier molecular flexibility index (Phi) is 7.30. The fraction of sp³-hybridized carbons (Fsp3) is 0.355. The molecule has 1 heterocycles. The Morgan fingerprint density at radius 2 is 1.69 bits per heavy atom. The molecule has 0 radical (unpaired) electrons. The van der Waals surface area contributed by atoms with Gasteiger partial charge in [0, 0.05) is 12.2 Å². The van der Waals surface area contributed by atoms with E-state index in [1.165, 1.54) is 6.07 Å². The number of likely N-dealkylation sites (tertiary alicyclic amines) is 1. The minimum Gasteiger partial charge on any atom is -0.331 e. The number of aryl methyl sites for hydroxylation is 2. The van der Waals surface area contributed by atoms with Gasteiger partial charge < -0.3 is 10.2 Å². The lowest BCUT2D eigenvalue weighted by molar-refractivity contribution is -0.123. The highest BCUT2D eigenvalue weighted by molar-refractivity contribution is 5.98. The molecular weight excluding hydrogens is 451 g/mol. The molecule has 188 valence electrons. The lowest BCUT2D eigenvalue weighted by atomic mass is 9.83. The molecule has 36 heavy (non-hydrogen) atoms. The van der Waals surface area contributed by atoms with Gasteiger partial charge in [0.15, 0.2) is 0 Å². The summed E-state index contributed by atoms with van der Waals surface area (Å²) in [6.07, 6.45) is 1.31. The van der Waals surface area contributed by atoms with Crippen LogP contribution in [0.4, 0.5) is 10.1 Å². The van der Waals surface area contributed by atoms with E-state index in [0.717, 1.165) is 22.4 Å². The van der Waals surface area contributed by atoms with Crippen molar-refractivity contribution in [2.75, 3.05) is 11.9 Å². The van der Waals surface area contributed by atoms with Crippen LogP contribution in [0.2, 0.25) is 0 Å². The van der Waals surface area contributed by atoms with Gasteiger partial charge in [-0.25, -0.2) is 4.39 Å². The van der Waals surface area contributed by atoms with E-state index in [4.69, 9.17) is 0 Å². The highest BCUT2D eigenvalue weighted by Crippen LogP contribution is 2.38. The molecule has 4 nitrogen and oxygen atoms in total. The lowest BCUT2D eigenvalue weighted by Gasteiger charge is -2.41. The van der Waals surface area contributed by atoms with Crippen LogP contribution in [0.15, 0.2) is 66.7 Å². The van der Waals surface area contributed by atoms with Gasteiger partial charge in [-0.3, -0.25) is 9.59 Å². The number of carbonyl (C=O) groups is 2. The Morgan fingerprint density at radius 3 is 2.36 bits per heavy atom. The van der Waals surface area contributed by atoms with Crippen LogP contribution in [-0.4, -0.2) is 23.3 Å². The van der Waals surface area contributed by atoms with E-state index in [-0.39, 0.29) is 22.8 Å². The number of anilines is 1. The van der Waals surface area contributed by atoms with Crippen LogP contribution >= 0.6 is 0 Å². The molecule has 1 aliphatic heterocycles. The van der Waals surface area contributed by atoms with Gasteiger partial charge in [0.25, 0.3) is 5.91 Å². The standard InChI is InChI=1S/C31H35FN2O2/c1-20-17-21(2)27(26(32)18-20)30(36)34-16-10-15-25(28(34)22-11-7-6-8-12-22)29(35)33-24-14-9-13-23(19-24)31(3,4)5/h6-9,11-14,17-19,25,28H,10,15-16H2,1-5H3,(H,33,35). The topological polar surface area (TPSA) is 49.4 Å². The smallest absolute Gasteiger partial charge is 0.257 e. The fourth-order valence-corrected chi connectivity index (χ4v) is 5.19. The third-order valence-electron chi connectivity index (χ3n) is 7.01. The van der Waals surface area contributed by atoms with E-state index >= 15 is 0 Å². The largest absolute Gasteiger partial charge is 0.331 e. The molecule has 3 aromatic carbocycles. The van der Waals surface area contributed by atoms with Crippen molar-refractivity contribution in [2.24, 2.45) is 5.92 Å². The molecule has 2 unspecified atom stereocenters. The van der Waals surface area contributed by atoms with Crippen molar-refractivity contribution in [1.82, 2.24) is 4.90 Å². The van der Waals surface area contributed by atoms with Crippen molar-refractivity contribution in [2.45, 2.75) is 58.9 Å². The van der Waals surface area contributed by atoms with Gasteiger partial charge >= 0.3 is 0 Å². The molecule has 1 fully saturated rings. The molecule has 5 heteroatoms. The zero-order valence-corrected chi connectivity index (χ0v) is 21.8. The summed E-state index contributed by atoms with van der Waals surface area (Å²) in [5.41, 5.74) is 4.16. The van der Waals surface area contributed by atoms with Gasteiger partial charge in [-0.05, 0) is 72.6 Å². The summed E-state index contributed by atoms with van der Waals surface area (Å²) in [5.74, 6) is -1.48. The molecule has 1 N–H and O–H groups in total. The monoisotopic (exact) mass is 486 g/mol. The van der Waals surface area contributed by atoms with Crippen molar-refractivity contribution in [3.63, 3.8) is 0 Å². The van der Waals surface area contributed by atoms with Gasteiger partial charge in [-0.1, -0.05) is 69.3 Å².